The molecule has 112 valence electrons. The third kappa shape index (κ3) is 1.51. The molecule has 4 heterocycles. The molecular formula is C17H17FN4. The number of fused-ring (bicyclic) bond motifs is 3. The molecule has 3 aromatic heterocycles. The van der Waals surface area contributed by atoms with Gasteiger partial charge in [0.1, 0.15) is 17.6 Å². The fourth-order valence-corrected chi connectivity index (χ4v) is 4.15. The molecule has 1 saturated carbocycles. The summed E-state index contributed by atoms with van der Waals surface area (Å²) in [6, 6.07) is 6.23. The van der Waals surface area contributed by atoms with Crippen molar-refractivity contribution in [3.8, 4) is 0 Å². The van der Waals surface area contributed by atoms with Crippen LogP contribution in [0.1, 0.15) is 12.8 Å². The predicted octanol–water partition coefficient (Wildman–Crippen LogP) is 3.06. The Morgan fingerprint density at radius 1 is 1.18 bits per heavy atom. The first-order chi connectivity index (χ1) is 10.7. The van der Waals surface area contributed by atoms with Gasteiger partial charge in [0, 0.05) is 48.7 Å². The molecule has 0 N–H and O–H groups in total. The first-order valence-corrected chi connectivity index (χ1v) is 7.73. The molecule has 22 heavy (non-hydrogen) atoms. The minimum Gasteiger partial charge on any atom is -0.355 e. The van der Waals surface area contributed by atoms with Crippen LogP contribution in [0, 0.1) is 5.41 Å². The van der Waals surface area contributed by atoms with Crippen LogP contribution in [-0.2, 0) is 7.05 Å². The quantitative estimate of drug-likeness (QED) is 0.692. The lowest BCUT2D eigenvalue weighted by atomic mass is 9.62. The van der Waals surface area contributed by atoms with E-state index in [0.29, 0.717) is 0 Å². The zero-order chi connectivity index (χ0) is 14.9. The van der Waals surface area contributed by atoms with Crippen LogP contribution in [0.3, 0.4) is 0 Å². The molecule has 1 spiro atoms. The van der Waals surface area contributed by atoms with Crippen molar-refractivity contribution < 1.29 is 4.39 Å². The van der Waals surface area contributed by atoms with Gasteiger partial charge in [-0.25, -0.2) is 9.37 Å². The van der Waals surface area contributed by atoms with Gasteiger partial charge in [0.05, 0.1) is 5.52 Å². The molecule has 4 nitrogen and oxygen atoms in total. The first kappa shape index (κ1) is 12.4. The third-order valence-electron chi connectivity index (χ3n) is 5.31. The molecular weight excluding hydrogens is 278 g/mol. The van der Waals surface area contributed by atoms with E-state index in [2.05, 4.69) is 26.6 Å². The van der Waals surface area contributed by atoms with Crippen LogP contribution in [0.15, 0.2) is 30.6 Å². The summed E-state index contributed by atoms with van der Waals surface area (Å²) in [5.74, 6) is 0.999. The van der Waals surface area contributed by atoms with E-state index in [1.807, 2.05) is 25.5 Å². The number of nitrogens with zero attached hydrogens (tertiary/aromatic N) is 4. The fraction of sp³-hybridized carbons (Fsp3) is 0.412. The van der Waals surface area contributed by atoms with Crippen LogP contribution >= 0.6 is 0 Å². The highest BCUT2D eigenvalue weighted by Gasteiger charge is 2.53. The van der Waals surface area contributed by atoms with Gasteiger partial charge in [-0.1, -0.05) is 0 Å². The molecule has 2 fully saturated rings. The normalized spacial score (nSPS) is 20.5. The molecule has 0 amide bonds. The molecule has 5 rings (SSSR count). The second-order valence-electron chi connectivity index (χ2n) is 6.85. The zero-order valence-corrected chi connectivity index (χ0v) is 12.5. The summed E-state index contributed by atoms with van der Waals surface area (Å²) in [5, 5.41) is 2.27. The monoisotopic (exact) mass is 295 g/mol. The molecule has 0 unspecified atom stereocenters. The Morgan fingerprint density at radius 3 is 2.77 bits per heavy atom. The van der Waals surface area contributed by atoms with E-state index in [-0.39, 0.29) is 5.41 Å². The number of halogens is 1. The van der Waals surface area contributed by atoms with Gasteiger partial charge in [0.2, 0.25) is 0 Å². The van der Waals surface area contributed by atoms with Crippen molar-refractivity contribution in [1.29, 1.82) is 0 Å². The Morgan fingerprint density at radius 2 is 2.00 bits per heavy atom. The maximum Gasteiger partial charge on any atom is 0.143 e. The summed E-state index contributed by atoms with van der Waals surface area (Å²) in [6.07, 6.45) is 4.58. The van der Waals surface area contributed by atoms with Gasteiger partial charge in [0.15, 0.2) is 0 Å². The van der Waals surface area contributed by atoms with Gasteiger partial charge in [0.25, 0.3) is 0 Å². The molecule has 1 aliphatic heterocycles. The average molecular weight is 295 g/mol. The largest absolute Gasteiger partial charge is 0.355 e. The van der Waals surface area contributed by atoms with Crippen LogP contribution in [0.2, 0.25) is 0 Å². The van der Waals surface area contributed by atoms with Gasteiger partial charge in [-0.3, -0.25) is 4.98 Å². The van der Waals surface area contributed by atoms with Crippen molar-refractivity contribution in [3.63, 3.8) is 0 Å². The maximum atomic E-state index is 13.1. The molecule has 0 radical (unpaired) electrons. The van der Waals surface area contributed by atoms with Crippen molar-refractivity contribution in [2.45, 2.75) is 19.0 Å². The standard InChI is InChI=1S/C17H17FN4/c1-21-14-4-5-19-8-13(14)12-2-3-15(20-16(12)21)22-9-17(10-22)6-11(18)7-17/h2-5,8,11H,6-7,9-10H2,1H3/i18-1. The lowest BCUT2D eigenvalue weighted by Gasteiger charge is -2.57. The first-order valence-electron chi connectivity index (χ1n) is 7.73. The number of aryl methyl sites for hydroxylation is 1. The van der Waals surface area contributed by atoms with E-state index < -0.39 is 6.17 Å². The van der Waals surface area contributed by atoms with Crippen LogP contribution in [-0.4, -0.2) is 33.8 Å². The van der Waals surface area contributed by atoms with Crippen molar-refractivity contribution in [1.82, 2.24) is 14.5 Å². The Labute approximate surface area is 127 Å². The number of pyridine rings is 2. The van der Waals surface area contributed by atoms with Crippen LogP contribution in [0.25, 0.3) is 21.9 Å². The summed E-state index contributed by atoms with van der Waals surface area (Å²) in [5.41, 5.74) is 2.37. The number of hydrogen-bond donors (Lipinski definition) is 0. The number of alkyl halides is 1. The topological polar surface area (TPSA) is 34.0 Å². The number of anilines is 1. The van der Waals surface area contributed by atoms with Gasteiger partial charge in [-0.05, 0) is 31.0 Å². The molecule has 0 aromatic carbocycles. The molecule has 1 saturated heterocycles. The van der Waals surface area contributed by atoms with Crippen LogP contribution in [0.5, 0.6) is 0 Å². The highest BCUT2D eigenvalue weighted by atomic mass is 18.2. The van der Waals surface area contributed by atoms with Crippen LogP contribution in [0.4, 0.5) is 10.2 Å². The third-order valence-corrected chi connectivity index (χ3v) is 5.31. The summed E-state index contributed by atoms with van der Waals surface area (Å²) in [7, 11) is 2.04. The maximum absolute atomic E-state index is 13.1. The Hall–Kier alpha value is -2.17. The molecule has 0 atom stereocenters. The van der Waals surface area contributed by atoms with Gasteiger partial charge >= 0.3 is 0 Å². The van der Waals surface area contributed by atoms with Crippen molar-refractivity contribution in [3.05, 3.63) is 30.6 Å². The molecule has 1 aliphatic carbocycles. The number of aromatic nitrogens is 3. The fourth-order valence-electron chi connectivity index (χ4n) is 4.15. The Bertz CT molecular complexity index is 886. The Kier molecular flexibility index (Phi) is 2.23. The van der Waals surface area contributed by atoms with Crippen molar-refractivity contribution in [2.24, 2.45) is 12.5 Å². The van der Waals surface area contributed by atoms with E-state index in [4.69, 9.17) is 4.98 Å². The van der Waals surface area contributed by atoms with Gasteiger partial charge < -0.3 is 9.47 Å². The molecule has 5 heteroatoms. The minimum absolute atomic E-state index is 0.235. The molecule has 3 aromatic rings. The summed E-state index contributed by atoms with van der Waals surface area (Å²) >= 11 is 0. The van der Waals surface area contributed by atoms with Crippen LogP contribution < -0.4 is 4.90 Å². The highest BCUT2D eigenvalue weighted by molar-refractivity contribution is 6.06. The molecule has 0 bridgehead atoms. The van der Waals surface area contributed by atoms with Crippen molar-refractivity contribution in [2.75, 3.05) is 18.0 Å². The van der Waals surface area contributed by atoms with E-state index in [9.17, 15) is 4.39 Å². The summed E-state index contributed by atoms with van der Waals surface area (Å²) in [6.45, 7) is 1.88. The summed E-state index contributed by atoms with van der Waals surface area (Å²) < 4.78 is 15.2. The number of rotatable bonds is 1. The van der Waals surface area contributed by atoms with Gasteiger partial charge in [-0.2, -0.15) is 0 Å². The van der Waals surface area contributed by atoms with E-state index in [1.165, 1.54) is 0 Å². The predicted molar refractivity (Wildman–Crippen MR) is 84.8 cm³/mol. The van der Waals surface area contributed by atoms with E-state index >= 15 is 0 Å². The van der Waals surface area contributed by atoms with Crippen molar-refractivity contribution >= 4 is 27.8 Å². The Balaban J connectivity index is 1.54. The zero-order valence-electron chi connectivity index (χ0n) is 12.5. The lowest BCUT2D eigenvalue weighted by Crippen LogP contribution is -2.63. The second-order valence-corrected chi connectivity index (χ2v) is 6.85. The number of hydrogen-bond acceptors (Lipinski definition) is 3. The van der Waals surface area contributed by atoms with E-state index in [0.717, 1.165) is 53.7 Å². The minimum atomic E-state index is -0.580. The van der Waals surface area contributed by atoms with Gasteiger partial charge in [-0.15, -0.1) is 0 Å². The molecule has 2 aliphatic rings. The summed E-state index contributed by atoms with van der Waals surface area (Å²) in [4.78, 5) is 11.3. The average Bonchev–Trinajstić information content (AvgIpc) is 2.75. The SMILES string of the molecule is Cn1c2ccncc2c2ccc(N3CC4(CC([18F])C4)C3)nc21. The highest BCUT2D eigenvalue weighted by Crippen LogP contribution is 2.50. The van der Waals surface area contributed by atoms with E-state index in [1.54, 1.807) is 0 Å². The lowest BCUT2D eigenvalue weighted by molar-refractivity contribution is 0.000469. The smallest absolute Gasteiger partial charge is 0.143 e. The second kappa shape index (κ2) is 3.97.